The minimum atomic E-state index is -0.283. The molecule has 2 heterocycles. The molecule has 1 aliphatic carbocycles. The highest BCUT2D eigenvalue weighted by atomic mass is 16.7. The fourth-order valence-electron chi connectivity index (χ4n) is 2.17. The first-order valence-corrected chi connectivity index (χ1v) is 6.34. The molecule has 1 saturated heterocycles. The van der Waals surface area contributed by atoms with E-state index in [2.05, 4.69) is 27.7 Å². The van der Waals surface area contributed by atoms with Crippen molar-refractivity contribution < 1.29 is 13.7 Å². The van der Waals surface area contributed by atoms with Gasteiger partial charge in [-0.3, -0.25) is 0 Å². The summed E-state index contributed by atoms with van der Waals surface area (Å²) in [5.74, 6) is 1.64. The molecule has 0 bridgehead atoms. The summed E-state index contributed by atoms with van der Waals surface area (Å²) in [6, 6.07) is 1.98. The molecule has 0 amide bonds. The fourth-order valence-corrected chi connectivity index (χ4v) is 2.17. The second kappa shape index (κ2) is 3.39. The molecule has 2 fully saturated rings. The van der Waals surface area contributed by atoms with Crippen LogP contribution in [0.5, 0.6) is 0 Å². The molecule has 0 aromatic carbocycles. The van der Waals surface area contributed by atoms with E-state index in [1.165, 1.54) is 12.8 Å². The Morgan fingerprint density at radius 3 is 2.24 bits per heavy atom. The predicted molar refractivity (Wildman–Crippen MR) is 66.4 cm³/mol. The average molecular weight is 234 g/mol. The summed E-state index contributed by atoms with van der Waals surface area (Å²) in [6.45, 7) is 8.29. The van der Waals surface area contributed by atoms with Gasteiger partial charge in [-0.25, -0.2) is 0 Å². The van der Waals surface area contributed by atoms with Gasteiger partial charge in [0.2, 0.25) is 0 Å². The highest BCUT2D eigenvalue weighted by Gasteiger charge is 2.53. The first kappa shape index (κ1) is 11.4. The molecular weight excluding hydrogens is 215 g/mol. The predicted octanol–water partition coefficient (Wildman–Crippen LogP) is 2.46. The van der Waals surface area contributed by atoms with E-state index in [1.807, 2.05) is 6.07 Å². The highest BCUT2D eigenvalue weighted by molar-refractivity contribution is 6.62. The Bertz CT molecular complexity index is 416. The van der Waals surface area contributed by atoms with Gasteiger partial charge >= 0.3 is 7.12 Å². The summed E-state index contributed by atoms with van der Waals surface area (Å²) in [5.41, 5.74) is 0.511. The van der Waals surface area contributed by atoms with Crippen molar-refractivity contribution >= 4 is 12.6 Å². The molecule has 0 N–H and O–H groups in total. The summed E-state index contributed by atoms with van der Waals surface area (Å²) in [5, 5.41) is 0. The Morgan fingerprint density at radius 1 is 1.12 bits per heavy atom. The van der Waals surface area contributed by atoms with Crippen molar-refractivity contribution in [3.05, 3.63) is 18.1 Å². The van der Waals surface area contributed by atoms with Gasteiger partial charge in [-0.1, -0.05) is 0 Å². The van der Waals surface area contributed by atoms with Gasteiger partial charge in [0.25, 0.3) is 0 Å². The summed E-state index contributed by atoms with van der Waals surface area (Å²) >= 11 is 0. The zero-order valence-corrected chi connectivity index (χ0v) is 10.9. The summed E-state index contributed by atoms with van der Waals surface area (Å²) < 4.78 is 17.7. The van der Waals surface area contributed by atoms with Crippen LogP contribution in [0.15, 0.2) is 16.7 Å². The fraction of sp³-hybridized carbons (Fsp3) is 0.692. The molecule has 2 aliphatic rings. The summed E-state index contributed by atoms with van der Waals surface area (Å²) in [7, 11) is -0.283. The van der Waals surface area contributed by atoms with Crippen molar-refractivity contribution in [2.75, 3.05) is 0 Å². The molecule has 1 aromatic rings. The van der Waals surface area contributed by atoms with Crippen LogP contribution >= 0.6 is 0 Å². The van der Waals surface area contributed by atoms with E-state index in [1.54, 1.807) is 6.26 Å². The van der Waals surface area contributed by atoms with E-state index in [-0.39, 0.29) is 18.3 Å². The van der Waals surface area contributed by atoms with Crippen molar-refractivity contribution in [3.8, 4) is 0 Å². The van der Waals surface area contributed by atoms with Gasteiger partial charge in [-0.15, -0.1) is 0 Å². The van der Waals surface area contributed by atoms with Gasteiger partial charge in [-0.2, -0.15) is 0 Å². The minimum Gasteiger partial charge on any atom is -0.469 e. The molecule has 0 radical (unpaired) electrons. The van der Waals surface area contributed by atoms with Gasteiger partial charge in [0.05, 0.1) is 17.5 Å². The Balaban J connectivity index is 1.89. The van der Waals surface area contributed by atoms with E-state index in [9.17, 15) is 0 Å². The number of furan rings is 1. The third-order valence-corrected chi connectivity index (χ3v) is 4.18. The van der Waals surface area contributed by atoms with Crippen LogP contribution in [0.2, 0.25) is 0 Å². The van der Waals surface area contributed by atoms with Crippen molar-refractivity contribution in [1.29, 1.82) is 0 Å². The van der Waals surface area contributed by atoms with Gasteiger partial charge in [-0.05, 0) is 46.6 Å². The second-order valence-corrected chi connectivity index (χ2v) is 6.10. The molecule has 17 heavy (non-hydrogen) atoms. The van der Waals surface area contributed by atoms with Gasteiger partial charge in [0.1, 0.15) is 5.76 Å². The van der Waals surface area contributed by atoms with Crippen LogP contribution < -0.4 is 5.46 Å². The quantitative estimate of drug-likeness (QED) is 0.736. The molecule has 3 rings (SSSR count). The van der Waals surface area contributed by atoms with E-state index in [0.29, 0.717) is 5.92 Å². The maximum Gasteiger partial charge on any atom is 0.498 e. The molecule has 1 saturated carbocycles. The monoisotopic (exact) mass is 234 g/mol. The Hall–Kier alpha value is -0.735. The maximum absolute atomic E-state index is 6.04. The van der Waals surface area contributed by atoms with Gasteiger partial charge in [0.15, 0.2) is 0 Å². The molecule has 3 nitrogen and oxygen atoms in total. The molecule has 0 spiro atoms. The lowest BCUT2D eigenvalue weighted by molar-refractivity contribution is 0.00578. The van der Waals surface area contributed by atoms with Crippen molar-refractivity contribution in [2.24, 2.45) is 0 Å². The average Bonchev–Trinajstić information content (AvgIpc) is 2.88. The third kappa shape index (κ3) is 1.74. The van der Waals surface area contributed by atoms with E-state index < -0.39 is 0 Å². The lowest BCUT2D eigenvalue weighted by Crippen LogP contribution is -2.41. The van der Waals surface area contributed by atoms with Crippen LogP contribution in [0.25, 0.3) is 0 Å². The van der Waals surface area contributed by atoms with Gasteiger partial charge < -0.3 is 13.7 Å². The summed E-state index contributed by atoms with van der Waals surface area (Å²) in [6.07, 6.45) is 4.19. The van der Waals surface area contributed by atoms with E-state index in [4.69, 9.17) is 13.7 Å². The minimum absolute atomic E-state index is 0.282. The van der Waals surface area contributed by atoms with Crippen LogP contribution in [0.4, 0.5) is 0 Å². The third-order valence-electron chi connectivity index (χ3n) is 4.18. The molecule has 1 aromatic heterocycles. The normalized spacial score (nSPS) is 26.5. The Morgan fingerprint density at radius 2 is 1.71 bits per heavy atom. The topological polar surface area (TPSA) is 31.6 Å². The number of hydrogen-bond donors (Lipinski definition) is 0. The molecule has 0 atom stereocenters. The van der Waals surface area contributed by atoms with Crippen LogP contribution in [0, 0.1) is 0 Å². The SMILES string of the molecule is CC1(C)OB(c2ccoc2C2CC2)OC1(C)C. The molecule has 92 valence electrons. The number of hydrogen-bond acceptors (Lipinski definition) is 3. The molecule has 4 heteroatoms. The smallest absolute Gasteiger partial charge is 0.469 e. The molecular formula is C13H19BO3. The zero-order valence-electron chi connectivity index (χ0n) is 10.9. The lowest BCUT2D eigenvalue weighted by Gasteiger charge is -2.32. The van der Waals surface area contributed by atoms with Crippen LogP contribution in [-0.4, -0.2) is 18.3 Å². The van der Waals surface area contributed by atoms with Crippen LogP contribution in [0.3, 0.4) is 0 Å². The first-order valence-electron chi connectivity index (χ1n) is 6.34. The van der Waals surface area contributed by atoms with Gasteiger partial charge in [0, 0.05) is 11.4 Å². The van der Waals surface area contributed by atoms with E-state index >= 15 is 0 Å². The maximum atomic E-state index is 6.04. The lowest BCUT2D eigenvalue weighted by atomic mass is 9.78. The largest absolute Gasteiger partial charge is 0.498 e. The molecule has 1 aliphatic heterocycles. The van der Waals surface area contributed by atoms with Crippen molar-refractivity contribution in [1.82, 2.24) is 0 Å². The zero-order chi connectivity index (χ0) is 12.3. The van der Waals surface area contributed by atoms with Crippen LogP contribution in [0.1, 0.15) is 52.2 Å². The molecule has 0 unspecified atom stereocenters. The Labute approximate surface area is 103 Å². The highest BCUT2D eigenvalue weighted by Crippen LogP contribution is 2.41. The van der Waals surface area contributed by atoms with Crippen molar-refractivity contribution in [3.63, 3.8) is 0 Å². The van der Waals surface area contributed by atoms with Crippen LogP contribution in [-0.2, 0) is 9.31 Å². The Kier molecular flexibility index (Phi) is 2.27. The number of rotatable bonds is 2. The second-order valence-electron chi connectivity index (χ2n) is 6.10. The first-order chi connectivity index (χ1) is 7.91. The summed E-state index contributed by atoms with van der Waals surface area (Å²) in [4.78, 5) is 0. The standard InChI is InChI=1S/C13H19BO3/c1-12(2)13(3,4)17-14(16-12)10-7-8-15-11(10)9-5-6-9/h7-9H,5-6H2,1-4H3. The van der Waals surface area contributed by atoms with E-state index in [0.717, 1.165) is 11.2 Å². The van der Waals surface area contributed by atoms with Crippen molar-refractivity contribution in [2.45, 2.75) is 57.7 Å².